The zero-order valence-electron chi connectivity index (χ0n) is 10.9. The van der Waals surface area contributed by atoms with Crippen LogP contribution in [0.25, 0.3) is 0 Å². The van der Waals surface area contributed by atoms with Crippen molar-refractivity contribution in [3.05, 3.63) is 53.9 Å². The maximum atomic E-state index is 12.1. The standard InChI is InChI=1S/C14H13N3O2S/c1-2-11-3-5-12(6-4-11)17-20(18,19)14-8-7-13(9-15)16-10-14/h3-8,10,17H,2H2,1H3. The van der Waals surface area contributed by atoms with Crippen LogP contribution < -0.4 is 4.72 Å². The summed E-state index contributed by atoms with van der Waals surface area (Å²) in [5, 5.41) is 8.64. The minimum absolute atomic E-state index is 0.0241. The Morgan fingerprint density at radius 3 is 2.40 bits per heavy atom. The van der Waals surface area contributed by atoms with E-state index < -0.39 is 10.0 Å². The number of sulfonamides is 1. The molecule has 2 aromatic rings. The molecule has 0 saturated carbocycles. The van der Waals surface area contributed by atoms with Gasteiger partial charge in [0.25, 0.3) is 10.0 Å². The van der Waals surface area contributed by atoms with Gasteiger partial charge in [0.05, 0.1) is 0 Å². The monoisotopic (exact) mass is 287 g/mol. The molecule has 0 fully saturated rings. The Balaban J connectivity index is 2.23. The fourth-order valence-electron chi connectivity index (χ4n) is 1.63. The number of rotatable bonds is 4. The Kier molecular flexibility index (Phi) is 4.01. The van der Waals surface area contributed by atoms with E-state index in [1.54, 1.807) is 12.1 Å². The summed E-state index contributed by atoms with van der Waals surface area (Å²) < 4.78 is 26.7. The molecule has 1 N–H and O–H groups in total. The molecule has 1 aromatic heterocycles. The highest BCUT2D eigenvalue weighted by Gasteiger charge is 2.14. The van der Waals surface area contributed by atoms with Crippen molar-refractivity contribution in [1.29, 1.82) is 5.26 Å². The molecule has 20 heavy (non-hydrogen) atoms. The lowest BCUT2D eigenvalue weighted by molar-refractivity contribution is 0.601. The third-order valence-electron chi connectivity index (χ3n) is 2.78. The van der Waals surface area contributed by atoms with Crippen molar-refractivity contribution in [2.24, 2.45) is 0 Å². The van der Waals surface area contributed by atoms with Crippen LogP contribution in [-0.2, 0) is 16.4 Å². The smallest absolute Gasteiger partial charge is 0.263 e. The van der Waals surface area contributed by atoms with E-state index in [9.17, 15) is 8.42 Å². The number of pyridine rings is 1. The molecule has 5 nitrogen and oxygen atoms in total. The molecule has 0 aliphatic carbocycles. The van der Waals surface area contributed by atoms with Crippen LogP contribution in [0.2, 0.25) is 0 Å². The normalized spacial score (nSPS) is 10.8. The lowest BCUT2D eigenvalue weighted by atomic mass is 10.2. The molecule has 102 valence electrons. The zero-order valence-corrected chi connectivity index (χ0v) is 11.7. The van der Waals surface area contributed by atoms with E-state index in [1.807, 2.05) is 25.1 Å². The first kappa shape index (κ1) is 14.0. The third kappa shape index (κ3) is 3.13. The van der Waals surface area contributed by atoms with Gasteiger partial charge >= 0.3 is 0 Å². The van der Waals surface area contributed by atoms with Crippen molar-refractivity contribution in [2.45, 2.75) is 18.2 Å². The van der Waals surface area contributed by atoms with Crippen LogP contribution in [0, 0.1) is 11.3 Å². The van der Waals surface area contributed by atoms with Gasteiger partial charge in [0, 0.05) is 11.9 Å². The number of aryl methyl sites for hydroxylation is 1. The second-order valence-corrected chi connectivity index (χ2v) is 5.83. The molecular weight excluding hydrogens is 274 g/mol. The first-order valence-corrected chi connectivity index (χ1v) is 7.51. The Morgan fingerprint density at radius 1 is 1.20 bits per heavy atom. The molecule has 0 atom stereocenters. The average molecular weight is 287 g/mol. The Hall–Kier alpha value is -2.39. The molecule has 0 aliphatic heterocycles. The van der Waals surface area contributed by atoms with E-state index in [4.69, 9.17) is 5.26 Å². The van der Waals surface area contributed by atoms with Gasteiger partial charge in [-0.05, 0) is 36.2 Å². The maximum Gasteiger partial charge on any atom is 0.263 e. The van der Waals surface area contributed by atoms with Crippen molar-refractivity contribution in [3.8, 4) is 6.07 Å². The highest BCUT2D eigenvalue weighted by atomic mass is 32.2. The predicted molar refractivity (Wildman–Crippen MR) is 75.6 cm³/mol. The number of nitrogens with one attached hydrogen (secondary N) is 1. The number of hydrogen-bond acceptors (Lipinski definition) is 4. The minimum atomic E-state index is -3.68. The van der Waals surface area contributed by atoms with Gasteiger partial charge in [-0.1, -0.05) is 19.1 Å². The van der Waals surface area contributed by atoms with Crippen LogP contribution in [0.5, 0.6) is 0 Å². The molecule has 0 bridgehead atoms. The van der Waals surface area contributed by atoms with Crippen LogP contribution >= 0.6 is 0 Å². The van der Waals surface area contributed by atoms with Crippen molar-refractivity contribution in [1.82, 2.24) is 4.98 Å². The van der Waals surface area contributed by atoms with E-state index in [2.05, 4.69) is 9.71 Å². The Morgan fingerprint density at radius 2 is 1.90 bits per heavy atom. The summed E-state index contributed by atoms with van der Waals surface area (Å²) in [7, 11) is -3.68. The first-order valence-electron chi connectivity index (χ1n) is 6.03. The van der Waals surface area contributed by atoms with Crippen LogP contribution in [0.3, 0.4) is 0 Å². The summed E-state index contributed by atoms with van der Waals surface area (Å²) in [6, 6.07) is 11.7. The summed E-state index contributed by atoms with van der Waals surface area (Å²) in [6.07, 6.45) is 2.06. The topological polar surface area (TPSA) is 82.9 Å². The summed E-state index contributed by atoms with van der Waals surface area (Å²) in [5.74, 6) is 0. The second-order valence-electron chi connectivity index (χ2n) is 4.15. The van der Waals surface area contributed by atoms with Gasteiger partial charge in [-0.2, -0.15) is 5.26 Å². The summed E-state index contributed by atoms with van der Waals surface area (Å²) in [4.78, 5) is 3.78. The second kappa shape index (κ2) is 5.72. The molecule has 0 saturated heterocycles. The highest BCUT2D eigenvalue weighted by molar-refractivity contribution is 7.92. The fourth-order valence-corrected chi connectivity index (χ4v) is 2.63. The summed E-state index contributed by atoms with van der Waals surface area (Å²) in [5.41, 5.74) is 1.80. The van der Waals surface area contributed by atoms with E-state index in [0.29, 0.717) is 5.69 Å². The quantitative estimate of drug-likeness (QED) is 0.935. The van der Waals surface area contributed by atoms with Crippen molar-refractivity contribution in [3.63, 3.8) is 0 Å². The SMILES string of the molecule is CCc1ccc(NS(=O)(=O)c2ccc(C#N)nc2)cc1. The van der Waals surface area contributed by atoms with E-state index in [1.165, 1.54) is 18.3 Å². The van der Waals surface area contributed by atoms with Gasteiger partial charge in [0.1, 0.15) is 16.7 Å². The summed E-state index contributed by atoms with van der Waals surface area (Å²) in [6.45, 7) is 2.03. The van der Waals surface area contributed by atoms with Crippen LogP contribution in [0.4, 0.5) is 5.69 Å². The molecule has 6 heteroatoms. The van der Waals surface area contributed by atoms with Crippen molar-refractivity contribution < 1.29 is 8.42 Å². The summed E-state index contributed by atoms with van der Waals surface area (Å²) >= 11 is 0. The molecule has 0 amide bonds. The number of hydrogen-bond donors (Lipinski definition) is 1. The van der Waals surface area contributed by atoms with E-state index in [0.717, 1.165) is 12.0 Å². The highest BCUT2D eigenvalue weighted by Crippen LogP contribution is 2.16. The lowest BCUT2D eigenvalue weighted by Gasteiger charge is -2.08. The van der Waals surface area contributed by atoms with Crippen molar-refractivity contribution >= 4 is 15.7 Å². The van der Waals surface area contributed by atoms with E-state index in [-0.39, 0.29) is 10.6 Å². The van der Waals surface area contributed by atoms with Gasteiger partial charge in [-0.15, -0.1) is 0 Å². The zero-order chi connectivity index (χ0) is 14.6. The number of nitrogens with zero attached hydrogens (tertiary/aromatic N) is 2. The molecular formula is C14H13N3O2S. The van der Waals surface area contributed by atoms with Gasteiger partial charge in [-0.3, -0.25) is 4.72 Å². The van der Waals surface area contributed by atoms with Gasteiger partial charge in [-0.25, -0.2) is 13.4 Å². The molecule has 0 unspecified atom stereocenters. The predicted octanol–water partition coefficient (Wildman–Crippen LogP) is 2.32. The molecule has 2 rings (SSSR count). The van der Waals surface area contributed by atoms with Crippen LogP contribution in [0.15, 0.2) is 47.5 Å². The fraction of sp³-hybridized carbons (Fsp3) is 0.143. The number of aromatic nitrogens is 1. The molecule has 1 aromatic carbocycles. The van der Waals surface area contributed by atoms with E-state index >= 15 is 0 Å². The maximum absolute atomic E-state index is 12.1. The number of benzene rings is 1. The lowest BCUT2D eigenvalue weighted by Crippen LogP contribution is -2.13. The Labute approximate surface area is 118 Å². The number of anilines is 1. The van der Waals surface area contributed by atoms with Gasteiger partial charge < -0.3 is 0 Å². The molecule has 0 radical (unpaired) electrons. The minimum Gasteiger partial charge on any atom is -0.280 e. The Bertz CT molecular complexity index is 729. The molecule has 1 heterocycles. The van der Waals surface area contributed by atoms with Crippen LogP contribution in [0.1, 0.15) is 18.2 Å². The third-order valence-corrected chi connectivity index (χ3v) is 4.14. The van der Waals surface area contributed by atoms with Gasteiger partial charge in [0.15, 0.2) is 0 Å². The van der Waals surface area contributed by atoms with Crippen molar-refractivity contribution in [2.75, 3.05) is 4.72 Å². The molecule has 0 spiro atoms. The van der Waals surface area contributed by atoms with Gasteiger partial charge in [0.2, 0.25) is 0 Å². The largest absolute Gasteiger partial charge is 0.280 e. The molecule has 0 aliphatic rings. The van der Waals surface area contributed by atoms with Crippen LogP contribution in [-0.4, -0.2) is 13.4 Å². The first-order chi connectivity index (χ1) is 9.55. The number of nitriles is 1. The average Bonchev–Trinajstić information content (AvgIpc) is 2.48.